The van der Waals surface area contributed by atoms with E-state index in [1.54, 1.807) is 9.58 Å². The van der Waals surface area contributed by atoms with Gasteiger partial charge < -0.3 is 10.2 Å². The fraction of sp³-hybridized carbons (Fsp3) is 0.292. The minimum Gasteiger partial charge on any atom is -0.350 e. The highest BCUT2D eigenvalue weighted by Crippen LogP contribution is 2.19. The molecule has 1 fully saturated rings. The first-order valence-electron chi connectivity index (χ1n) is 10.3. The number of para-hydroxylation sites is 1. The van der Waals surface area contributed by atoms with Crippen molar-refractivity contribution >= 4 is 11.8 Å². The predicted octanol–water partition coefficient (Wildman–Crippen LogP) is 3.35. The van der Waals surface area contributed by atoms with Gasteiger partial charge in [-0.25, -0.2) is 4.68 Å². The van der Waals surface area contributed by atoms with E-state index < -0.39 is 0 Å². The van der Waals surface area contributed by atoms with Crippen molar-refractivity contribution in [1.82, 2.24) is 20.0 Å². The van der Waals surface area contributed by atoms with E-state index >= 15 is 0 Å². The molecule has 6 nitrogen and oxygen atoms in total. The molecule has 1 N–H and O–H groups in total. The Morgan fingerprint density at radius 2 is 1.83 bits per heavy atom. The van der Waals surface area contributed by atoms with Gasteiger partial charge in [-0.15, -0.1) is 0 Å². The first-order valence-corrected chi connectivity index (χ1v) is 10.3. The molecule has 0 saturated carbocycles. The summed E-state index contributed by atoms with van der Waals surface area (Å²) < 4.78 is 1.80. The average Bonchev–Trinajstić information content (AvgIpc) is 3.27. The highest BCUT2D eigenvalue weighted by molar-refractivity contribution is 5.94. The Bertz CT molecular complexity index is 1010. The Kier molecular flexibility index (Phi) is 5.93. The van der Waals surface area contributed by atoms with Crippen molar-refractivity contribution in [3.8, 4) is 5.69 Å². The number of carbonyl (C=O) groups excluding carboxylic acids is 2. The van der Waals surface area contributed by atoms with E-state index in [0.29, 0.717) is 25.2 Å². The van der Waals surface area contributed by atoms with Gasteiger partial charge in [0.1, 0.15) is 0 Å². The summed E-state index contributed by atoms with van der Waals surface area (Å²) in [7, 11) is 0. The number of hydrogen-bond donors (Lipinski definition) is 1. The van der Waals surface area contributed by atoms with Crippen molar-refractivity contribution < 1.29 is 9.59 Å². The first kappa shape index (κ1) is 19.9. The SMILES string of the molecule is Cc1ccc(C(=O)N2CCCC(C(=O)NCc3ccn(-c4ccccc4)n3)C2)cc1. The van der Waals surface area contributed by atoms with Crippen LogP contribution in [0.2, 0.25) is 0 Å². The lowest BCUT2D eigenvalue weighted by molar-refractivity contribution is -0.126. The number of aromatic nitrogens is 2. The normalized spacial score (nSPS) is 16.3. The van der Waals surface area contributed by atoms with E-state index in [0.717, 1.165) is 29.8 Å². The van der Waals surface area contributed by atoms with Crippen LogP contribution >= 0.6 is 0 Å². The van der Waals surface area contributed by atoms with Gasteiger partial charge in [0, 0.05) is 24.8 Å². The summed E-state index contributed by atoms with van der Waals surface area (Å²) in [5.41, 5.74) is 3.58. The zero-order valence-corrected chi connectivity index (χ0v) is 17.1. The fourth-order valence-corrected chi connectivity index (χ4v) is 3.76. The van der Waals surface area contributed by atoms with Crippen LogP contribution in [0.4, 0.5) is 0 Å². The van der Waals surface area contributed by atoms with E-state index in [2.05, 4.69) is 10.4 Å². The third-order valence-electron chi connectivity index (χ3n) is 5.49. The molecule has 1 aliphatic rings. The second-order valence-corrected chi connectivity index (χ2v) is 7.76. The Balaban J connectivity index is 1.33. The number of aryl methyl sites for hydroxylation is 1. The molecule has 0 radical (unpaired) electrons. The van der Waals surface area contributed by atoms with E-state index in [-0.39, 0.29) is 17.7 Å². The van der Waals surface area contributed by atoms with Gasteiger partial charge >= 0.3 is 0 Å². The molecule has 6 heteroatoms. The minimum absolute atomic E-state index is 0.00546. The quantitative estimate of drug-likeness (QED) is 0.712. The molecule has 154 valence electrons. The van der Waals surface area contributed by atoms with Crippen LogP contribution in [0.15, 0.2) is 66.9 Å². The maximum atomic E-state index is 12.8. The molecule has 1 aromatic heterocycles. The summed E-state index contributed by atoms with van der Waals surface area (Å²) in [5, 5.41) is 7.51. The van der Waals surface area contributed by atoms with Crippen molar-refractivity contribution in [2.75, 3.05) is 13.1 Å². The van der Waals surface area contributed by atoms with Crippen molar-refractivity contribution in [2.45, 2.75) is 26.3 Å². The molecule has 2 aromatic carbocycles. The van der Waals surface area contributed by atoms with E-state index in [4.69, 9.17) is 0 Å². The molecule has 0 aliphatic carbocycles. The van der Waals surface area contributed by atoms with Gasteiger partial charge in [0.2, 0.25) is 5.91 Å². The number of hydrogen-bond acceptors (Lipinski definition) is 3. The number of carbonyl (C=O) groups is 2. The number of nitrogens with one attached hydrogen (secondary N) is 1. The fourth-order valence-electron chi connectivity index (χ4n) is 3.76. The number of piperidine rings is 1. The minimum atomic E-state index is -0.190. The molecule has 30 heavy (non-hydrogen) atoms. The van der Waals surface area contributed by atoms with Crippen LogP contribution in [0.3, 0.4) is 0 Å². The standard InChI is InChI=1S/C24H26N4O2/c1-18-9-11-19(12-10-18)24(30)27-14-5-6-20(17-27)23(29)25-16-21-13-15-28(26-21)22-7-3-2-4-8-22/h2-4,7-13,15,20H,5-6,14,16-17H2,1H3,(H,25,29). The predicted molar refractivity (Wildman–Crippen MR) is 115 cm³/mol. The lowest BCUT2D eigenvalue weighted by Crippen LogP contribution is -2.45. The van der Waals surface area contributed by atoms with E-state index in [1.165, 1.54) is 0 Å². The van der Waals surface area contributed by atoms with Gasteiger partial charge in [-0.05, 0) is 50.1 Å². The average molecular weight is 402 g/mol. The Labute approximate surface area is 176 Å². The summed E-state index contributed by atoms with van der Waals surface area (Å²) in [6.07, 6.45) is 3.51. The molecule has 0 spiro atoms. The zero-order valence-electron chi connectivity index (χ0n) is 17.1. The van der Waals surface area contributed by atoms with Crippen molar-refractivity contribution in [3.63, 3.8) is 0 Å². The number of rotatable bonds is 5. The summed E-state index contributed by atoms with van der Waals surface area (Å²) in [6.45, 7) is 3.52. The summed E-state index contributed by atoms with van der Waals surface area (Å²) in [5.74, 6) is -0.218. The number of amides is 2. The maximum absolute atomic E-state index is 12.8. The Hall–Kier alpha value is -3.41. The van der Waals surface area contributed by atoms with Crippen LogP contribution in [0.1, 0.15) is 34.5 Å². The Morgan fingerprint density at radius 1 is 1.07 bits per heavy atom. The first-order chi connectivity index (χ1) is 14.6. The molecular weight excluding hydrogens is 376 g/mol. The summed E-state index contributed by atoms with van der Waals surface area (Å²) in [6, 6.07) is 19.3. The van der Waals surface area contributed by atoms with Crippen LogP contribution in [0.5, 0.6) is 0 Å². The van der Waals surface area contributed by atoms with E-state index in [9.17, 15) is 9.59 Å². The topological polar surface area (TPSA) is 67.2 Å². The second kappa shape index (κ2) is 8.95. The van der Waals surface area contributed by atoms with Crippen LogP contribution < -0.4 is 5.32 Å². The number of likely N-dealkylation sites (tertiary alicyclic amines) is 1. The lowest BCUT2D eigenvalue weighted by atomic mass is 9.96. The molecule has 3 aromatic rings. The zero-order chi connectivity index (χ0) is 20.9. The van der Waals surface area contributed by atoms with Crippen molar-refractivity contribution in [2.24, 2.45) is 5.92 Å². The van der Waals surface area contributed by atoms with E-state index in [1.807, 2.05) is 73.8 Å². The van der Waals surface area contributed by atoms with Crippen molar-refractivity contribution in [1.29, 1.82) is 0 Å². The maximum Gasteiger partial charge on any atom is 0.253 e. The monoisotopic (exact) mass is 402 g/mol. The third kappa shape index (κ3) is 4.59. The molecule has 4 rings (SSSR count). The molecule has 2 amide bonds. The highest BCUT2D eigenvalue weighted by atomic mass is 16.2. The molecule has 1 unspecified atom stereocenters. The molecule has 1 aliphatic heterocycles. The van der Waals surface area contributed by atoms with Crippen molar-refractivity contribution in [3.05, 3.63) is 83.7 Å². The molecule has 0 bridgehead atoms. The molecule has 1 saturated heterocycles. The van der Waals surface area contributed by atoms with Crippen LogP contribution in [0.25, 0.3) is 5.69 Å². The van der Waals surface area contributed by atoms with Crippen LogP contribution in [-0.4, -0.2) is 39.6 Å². The third-order valence-corrected chi connectivity index (χ3v) is 5.49. The van der Waals surface area contributed by atoms with Gasteiger partial charge in [0.05, 0.1) is 23.8 Å². The van der Waals surface area contributed by atoms with Gasteiger partial charge in [0.25, 0.3) is 5.91 Å². The smallest absolute Gasteiger partial charge is 0.253 e. The molecule has 1 atom stereocenters. The van der Waals surface area contributed by atoms with Gasteiger partial charge in [-0.1, -0.05) is 35.9 Å². The summed E-state index contributed by atoms with van der Waals surface area (Å²) in [4.78, 5) is 27.3. The number of nitrogens with zero attached hydrogens (tertiary/aromatic N) is 3. The largest absolute Gasteiger partial charge is 0.350 e. The highest BCUT2D eigenvalue weighted by Gasteiger charge is 2.28. The Morgan fingerprint density at radius 3 is 2.60 bits per heavy atom. The molecular formula is C24H26N4O2. The number of benzene rings is 2. The lowest BCUT2D eigenvalue weighted by Gasteiger charge is -2.32. The van der Waals surface area contributed by atoms with Gasteiger partial charge in [-0.3, -0.25) is 9.59 Å². The van der Waals surface area contributed by atoms with Gasteiger partial charge in [0.15, 0.2) is 0 Å². The van der Waals surface area contributed by atoms with Crippen LogP contribution in [0, 0.1) is 12.8 Å². The second-order valence-electron chi connectivity index (χ2n) is 7.76. The molecule has 2 heterocycles. The van der Waals surface area contributed by atoms with Crippen LogP contribution in [-0.2, 0) is 11.3 Å². The summed E-state index contributed by atoms with van der Waals surface area (Å²) >= 11 is 0. The van der Waals surface area contributed by atoms with Gasteiger partial charge in [-0.2, -0.15) is 5.10 Å².